The molecular formula is C13H16ClN3S. The van der Waals surface area contributed by atoms with Gasteiger partial charge in [0.15, 0.2) is 0 Å². The fourth-order valence-electron chi connectivity index (χ4n) is 2.49. The molecule has 2 heterocycles. The molecule has 2 aromatic rings. The summed E-state index contributed by atoms with van der Waals surface area (Å²) >= 11 is 8.14. The summed E-state index contributed by atoms with van der Waals surface area (Å²) in [5, 5.41) is 1.70. The van der Waals surface area contributed by atoms with Crippen molar-refractivity contribution >= 4 is 39.1 Å². The van der Waals surface area contributed by atoms with Crippen LogP contribution in [0.5, 0.6) is 0 Å². The number of aryl methyl sites for hydroxylation is 1. The van der Waals surface area contributed by atoms with Gasteiger partial charge in [0.05, 0.1) is 5.39 Å². The molecule has 0 bridgehead atoms. The van der Waals surface area contributed by atoms with Crippen molar-refractivity contribution in [3.63, 3.8) is 0 Å². The zero-order valence-corrected chi connectivity index (χ0v) is 12.4. The molecule has 0 N–H and O–H groups in total. The second-order valence-electron chi connectivity index (χ2n) is 5.24. The molecule has 0 radical (unpaired) electrons. The molecule has 18 heavy (non-hydrogen) atoms. The van der Waals surface area contributed by atoms with Crippen LogP contribution in [0.2, 0.25) is 5.15 Å². The Kier molecular flexibility index (Phi) is 2.94. The molecule has 0 aliphatic heterocycles. The molecule has 0 fully saturated rings. The van der Waals surface area contributed by atoms with E-state index in [-0.39, 0.29) is 0 Å². The fourth-order valence-corrected chi connectivity index (χ4v) is 4.20. The molecule has 0 saturated carbocycles. The summed E-state index contributed by atoms with van der Waals surface area (Å²) in [4.78, 5) is 13.4. The zero-order valence-electron chi connectivity index (χ0n) is 10.8. The number of anilines is 1. The van der Waals surface area contributed by atoms with E-state index in [1.807, 2.05) is 19.0 Å². The number of fused-ring (bicyclic) bond motifs is 3. The summed E-state index contributed by atoms with van der Waals surface area (Å²) in [6.07, 6.45) is 3.51. The van der Waals surface area contributed by atoms with Gasteiger partial charge in [-0.3, -0.25) is 0 Å². The highest BCUT2D eigenvalue weighted by atomic mass is 35.5. The van der Waals surface area contributed by atoms with Crippen LogP contribution in [-0.2, 0) is 12.8 Å². The topological polar surface area (TPSA) is 29.0 Å². The van der Waals surface area contributed by atoms with Crippen LogP contribution in [0.15, 0.2) is 0 Å². The van der Waals surface area contributed by atoms with Gasteiger partial charge in [0.1, 0.15) is 9.98 Å². The van der Waals surface area contributed by atoms with Gasteiger partial charge >= 0.3 is 0 Å². The summed E-state index contributed by atoms with van der Waals surface area (Å²) in [6, 6.07) is 0. The number of halogens is 1. The Balaban J connectivity index is 2.22. The van der Waals surface area contributed by atoms with Crippen molar-refractivity contribution in [1.82, 2.24) is 9.97 Å². The number of hydrogen-bond donors (Lipinski definition) is 0. The van der Waals surface area contributed by atoms with Crippen LogP contribution in [0.3, 0.4) is 0 Å². The SMILES string of the molecule is CC1CCc2c(sc3nc(N(C)C)nc(Cl)c23)C1. The predicted octanol–water partition coefficient (Wildman–Crippen LogP) is 3.54. The van der Waals surface area contributed by atoms with Crippen LogP contribution < -0.4 is 4.90 Å². The first kappa shape index (κ1) is 12.2. The van der Waals surface area contributed by atoms with Gasteiger partial charge in [-0.15, -0.1) is 11.3 Å². The molecule has 5 heteroatoms. The minimum Gasteiger partial charge on any atom is -0.347 e. The van der Waals surface area contributed by atoms with E-state index in [1.54, 1.807) is 11.3 Å². The number of thiophene rings is 1. The van der Waals surface area contributed by atoms with Crippen molar-refractivity contribution in [2.45, 2.75) is 26.2 Å². The lowest BCUT2D eigenvalue weighted by molar-refractivity contribution is 0.509. The van der Waals surface area contributed by atoms with Crippen LogP contribution in [0.1, 0.15) is 23.8 Å². The van der Waals surface area contributed by atoms with Gasteiger partial charge in [-0.25, -0.2) is 9.97 Å². The summed E-state index contributed by atoms with van der Waals surface area (Å²) in [5.74, 6) is 1.46. The summed E-state index contributed by atoms with van der Waals surface area (Å²) in [6.45, 7) is 2.31. The molecule has 1 atom stereocenters. The van der Waals surface area contributed by atoms with E-state index in [0.717, 1.165) is 29.0 Å². The number of rotatable bonds is 1. The monoisotopic (exact) mass is 281 g/mol. The average molecular weight is 282 g/mol. The van der Waals surface area contributed by atoms with Crippen molar-refractivity contribution in [1.29, 1.82) is 0 Å². The van der Waals surface area contributed by atoms with Crippen molar-refractivity contribution in [2.75, 3.05) is 19.0 Å². The third-order valence-corrected chi connectivity index (χ3v) is 4.92. The second-order valence-corrected chi connectivity index (χ2v) is 6.68. The Bertz CT molecular complexity index is 606. The van der Waals surface area contributed by atoms with Crippen molar-refractivity contribution < 1.29 is 0 Å². The second kappa shape index (κ2) is 4.35. The van der Waals surface area contributed by atoms with Gasteiger partial charge in [-0.05, 0) is 30.7 Å². The fraction of sp³-hybridized carbons (Fsp3) is 0.538. The Morgan fingerprint density at radius 2 is 2.11 bits per heavy atom. The van der Waals surface area contributed by atoms with E-state index in [1.165, 1.54) is 16.9 Å². The molecule has 0 saturated heterocycles. The maximum atomic E-state index is 6.35. The van der Waals surface area contributed by atoms with Crippen molar-refractivity contribution in [3.8, 4) is 0 Å². The molecule has 1 aliphatic rings. The molecular weight excluding hydrogens is 266 g/mol. The molecule has 0 aromatic carbocycles. The van der Waals surface area contributed by atoms with Gasteiger partial charge in [0, 0.05) is 19.0 Å². The minimum absolute atomic E-state index is 0.607. The molecule has 1 unspecified atom stereocenters. The number of aromatic nitrogens is 2. The highest BCUT2D eigenvalue weighted by Gasteiger charge is 2.23. The van der Waals surface area contributed by atoms with Crippen LogP contribution in [0.4, 0.5) is 5.95 Å². The first-order valence-electron chi connectivity index (χ1n) is 6.21. The first-order valence-corrected chi connectivity index (χ1v) is 7.41. The number of hydrogen-bond acceptors (Lipinski definition) is 4. The zero-order chi connectivity index (χ0) is 12.9. The van der Waals surface area contributed by atoms with Gasteiger partial charge < -0.3 is 4.90 Å². The highest BCUT2D eigenvalue weighted by Crippen LogP contribution is 2.40. The van der Waals surface area contributed by atoms with Crippen LogP contribution >= 0.6 is 22.9 Å². The summed E-state index contributed by atoms with van der Waals surface area (Å²) in [5.41, 5.74) is 1.39. The van der Waals surface area contributed by atoms with E-state index in [2.05, 4.69) is 16.9 Å². The van der Waals surface area contributed by atoms with Crippen molar-refractivity contribution in [2.24, 2.45) is 5.92 Å². The Labute approximate surface area is 116 Å². The molecule has 2 aromatic heterocycles. The quantitative estimate of drug-likeness (QED) is 0.749. The Morgan fingerprint density at radius 1 is 1.33 bits per heavy atom. The molecule has 0 amide bonds. The molecule has 3 rings (SSSR count). The normalized spacial score (nSPS) is 19.0. The van der Waals surface area contributed by atoms with Gasteiger partial charge in [0.25, 0.3) is 0 Å². The van der Waals surface area contributed by atoms with Crippen LogP contribution in [0.25, 0.3) is 10.2 Å². The van der Waals surface area contributed by atoms with Crippen molar-refractivity contribution in [3.05, 3.63) is 15.6 Å². The van der Waals surface area contributed by atoms with Gasteiger partial charge in [0.2, 0.25) is 5.95 Å². The largest absolute Gasteiger partial charge is 0.347 e. The third kappa shape index (κ3) is 1.88. The molecule has 0 spiro atoms. The van der Waals surface area contributed by atoms with Crippen LogP contribution in [0, 0.1) is 5.92 Å². The minimum atomic E-state index is 0.607. The van der Waals surface area contributed by atoms with E-state index in [0.29, 0.717) is 11.1 Å². The predicted molar refractivity (Wildman–Crippen MR) is 77.9 cm³/mol. The first-order chi connectivity index (χ1) is 8.56. The standard InChI is InChI=1S/C13H16ClN3S/c1-7-4-5-8-9(6-7)18-12-10(8)11(14)15-13(16-12)17(2)3/h7H,4-6H2,1-3H3. The Morgan fingerprint density at radius 3 is 2.83 bits per heavy atom. The lowest BCUT2D eigenvalue weighted by Gasteiger charge is -2.17. The van der Waals surface area contributed by atoms with E-state index in [4.69, 9.17) is 11.6 Å². The summed E-state index contributed by atoms with van der Waals surface area (Å²) in [7, 11) is 3.88. The lowest BCUT2D eigenvalue weighted by Crippen LogP contribution is -2.12. The molecule has 1 aliphatic carbocycles. The van der Waals surface area contributed by atoms with E-state index < -0.39 is 0 Å². The van der Waals surface area contributed by atoms with E-state index >= 15 is 0 Å². The van der Waals surface area contributed by atoms with E-state index in [9.17, 15) is 0 Å². The molecule has 96 valence electrons. The summed E-state index contributed by atoms with van der Waals surface area (Å²) < 4.78 is 0. The maximum absolute atomic E-state index is 6.35. The average Bonchev–Trinajstić information content (AvgIpc) is 2.66. The van der Waals surface area contributed by atoms with Crippen LogP contribution in [-0.4, -0.2) is 24.1 Å². The number of nitrogens with zero attached hydrogens (tertiary/aromatic N) is 3. The highest BCUT2D eigenvalue weighted by molar-refractivity contribution is 7.19. The maximum Gasteiger partial charge on any atom is 0.227 e. The molecule has 3 nitrogen and oxygen atoms in total. The third-order valence-electron chi connectivity index (χ3n) is 3.50. The van der Waals surface area contributed by atoms with Gasteiger partial charge in [-0.2, -0.15) is 0 Å². The van der Waals surface area contributed by atoms with Gasteiger partial charge in [-0.1, -0.05) is 18.5 Å². The smallest absolute Gasteiger partial charge is 0.227 e. The lowest BCUT2D eigenvalue weighted by atomic mass is 9.89. The Hall–Kier alpha value is -0.870.